The molecule has 0 amide bonds. The molecule has 0 unspecified atom stereocenters. The van der Waals surface area contributed by atoms with Gasteiger partial charge in [0.15, 0.2) is 5.78 Å². The van der Waals surface area contributed by atoms with Gasteiger partial charge in [0.25, 0.3) is 0 Å². The van der Waals surface area contributed by atoms with Crippen LogP contribution in [0.5, 0.6) is 0 Å². The average Bonchev–Trinajstić information content (AvgIpc) is 2.75. The fourth-order valence-electron chi connectivity index (χ4n) is 3.96. The first kappa shape index (κ1) is 26.7. The van der Waals surface area contributed by atoms with Gasteiger partial charge in [0.05, 0.1) is 19.0 Å². The molecule has 1 aliphatic rings. The van der Waals surface area contributed by atoms with Crippen LogP contribution in [0.4, 0.5) is 0 Å². The fourth-order valence-corrected chi connectivity index (χ4v) is 3.96. The van der Waals surface area contributed by atoms with Crippen molar-refractivity contribution < 1.29 is 29.3 Å². The summed E-state index contributed by atoms with van der Waals surface area (Å²) in [5.74, 6) is -2.05. The third kappa shape index (κ3) is 8.04. The van der Waals surface area contributed by atoms with Crippen LogP contribution in [0.25, 0.3) is 0 Å². The normalized spacial score (nSPS) is 24.9. The Balaban J connectivity index is 3.34. The van der Waals surface area contributed by atoms with Crippen molar-refractivity contribution in [1.29, 1.82) is 0 Å². The molecule has 1 rings (SSSR count). The van der Waals surface area contributed by atoms with E-state index in [1.807, 2.05) is 6.92 Å². The molecule has 6 nitrogen and oxygen atoms in total. The molecule has 1 aliphatic carbocycles. The summed E-state index contributed by atoms with van der Waals surface area (Å²) in [6, 6.07) is 0. The summed E-state index contributed by atoms with van der Waals surface area (Å²) in [5, 5.41) is 20.0. The lowest BCUT2D eigenvalue weighted by Crippen LogP contribution is -2.36. The minimum absolute atomic E-state index is 0.0196. The third-order valence-corrected chi connectivity index (χ3v) is 5.82. The molecule has 172 valence electrons. The fraction of sp³-hybridized carbons (Fsp3) is 0.560. The average molecular weight is 433 g/mol. The van der Waals surface area contributed by atoms with E-state index in [4.69, 9.17) is 4.74 Å². The zero-order chi connectivity index (χ0) is 23.8. The van der Waals surface area contributed by atoms with Crippen molar-refractivity contribution in [2.24, 2.45) is 17.3 Å². The minimum atomic E-state index is -0.691. The van der Waals surface area contributed by atoms with Crippen molar-refractivity contribution in [3.63, 3.8) is 0 Å². The molecule has 6 heteroatoms. The van der Waals surface area contributed by atoms with E-state index in [1.54, 1.807) is 32.9 Å². The summed E-state index contributed by atoms with van der Waals surface area (Å²) < 4.78 is 5.17. The number of Topliss-reactive ketones (excluding diaryl/α,β-unsaturated/α-hetero) is 2. The highest BCUT2D eigenvalue weighted by molar-refractivity contribution is 6.00. The van der Waals surface area contributed by atoms with E-state index in [1.165, 1.54) is 19.3 Å². The van der Waals surface area contributed by atoms with E-state index in [2.05, 4.69) is 6.58 Å². The Labute approximate surface area is 185 Å². The van der Waals surface area contributed by atoms with Crippen molar-refractivity contribution in [3.05, 3.63) is 47.8 Å². The molecule has 0 aliphatic heterocycles. The number of hydrogen-bond donors (Lipinski definition) is 2. The predicted octanol–water partition coefficient (Wildman–Crippen LogP) is 3.84. The second-order valence-electron chi connectivity index (χ2n) is 9.04. The lowest BCUT2D eigenvalue weighted by Gasteiger charge is -2.38. The molecule has 31 heavy (non-hydrogen) atoms. The summed E-state index contributed by atoms with van der Waals surface area (Å²) in [5.41, 5.74) is 1.23. The second-order valence-corrected chi connectivity index (χ2v) is 9.04. The highest BCUT2D eigenvalue weighted by Crippen LogP contribution is 2.46. The van der Waals surface area contributed by atoms with Crippen LogP contribution >= 0.6 is 0 Å². The smallest absolute Gasteiger partial charge is 0.335 e. The number of aliphatic hydroxyl groups is 2. The predicted molar refractivity (Wildman–Crippen MR) is 120 cm³/mol. The molecule has 0 heterocycles. The van der Waals surface area contributed by atoms with Gasteiger partial charge in [-0.2, -0.15) is 0 Å². The number of rotatable bonds is 10. The molecule has 0 bridgehead atoms. The Bertz CT molecular complexity index is 784. The summed E-state index contributed by atoms with van der Waals surface area (Å²) in [6.45, 7) is 12.1. The maximum atomic E-state index is 13.1. The molecule has 0 saturated carbocycles. The molecule has 0 radical (unpaired) electrons. The van der Waals surface area contributed by atoms with Gasteiger partial charge in [0.1, 0.15) is 5.78 Å². The summed E-state index contributed by atoms with van der Waals surface area (Å²) in [6.07, 6.45) is 6.85. The SMILES string of the molecule is C=C(C)[C@@H](O)CC[C@@]1(C)CC=C(CO)C(=O)[C@H](CC(C)=O)[C@@H]1/C=C/OC(=O)C=C(C)C. The number of carbonyl (C=O) groups excluding carboxylic acids is 3. The van der Waals surface area contributed by atoms with Gasteiger partial charge in [-0.1, -0.05) is 30.7 Å². The Morgan fingerprint density at radius 1 is 1.32 bits per heavy atom. The Kier molecular flexibility index (Phi) is 10.3. The van der Waals surface area contributed by atoms with E-state index in [-0.39, 0.29) is 23.6 Å². The number of carbonyl (C=O) groups is 3. The van der Waals surface area contributed by atoms with Crippen LogP contribution in [0, 0.1) is 17.3 Å². The van der Waals surface area contributed by atoms with Gasteiger partial charge in [-0.25, -0.2) is 4.79 Å². The molecule has 0 saturated heterocycles. The largest absolute Gasteiger partial charge is 0.432 e. The number of allylic oxidation sites excluding steroid dienone is 3. The first-order valence-electron chi connectivity index (χ1n) is 10.6. The second kappa shape index (κ2) is 11.9. The summed E-state index contributed by atoms with van der Waals surface area (Å²) >= 11 is 0. The molecule has 2 N–H and O–H groups in total. The van der Waals surface area contributed by atoms with E-state index < -0.39 is 35.9 Å². The van der Waals surface area contributed by atoms with E-state index in [9.17, 15) is 24.6 Å². The maximum Gasteiger partial charge on any atom is 0.335 e. The number of ketones is 2. The van der Waals surface area contributed by atoms with E-state index in [0.29, 0.717) is 24.8 Å². The number of aliphatic hydroxyl groups excluding tert-OH is 2. The molecule has 4 atom stereocenters. The first-order valence-corrected chi connectivity index (χ1v) is 10.6. The van der Waals surface area contributed by atoms with Gasteiger partial charge in [-0.3, -0.25) is 4.79 Å². The van der Waals surface area contributed by atoms with Gasteiger partial charge in [0, 0.05) is 24.0 Å². The number of hydrogen-bond acceptors (Lipinski definition) is 6. The third-order valence-electron chi connectivity index (χ3n) is 5.82. The molecule has 0 aromatic heterocycles. The highest BCUT2D eigenvalue weighted by Gasteiger charge is 2.43. The molecule has 0 spiro atoms. The van der Waals surface area contributed by atoms with Crippen molar-refractivity contribution in [2.45, 2.75) is 66.4 Å². The maximum absolute atomic E-state index is 13.1. The van der Waals surface area contributed by atoms with Crippen LogP contribution in [0.3, 0.4) is 0 Å². The van der Waals surface area contributed by atoms with Crippen LogP contribution in [-0.2, 0) is 19.1 Å². The highest BCUT2D eigenvalue weighted by atomic mass is 16.5. The monoisotopic (exact) mass is 432 g/mol. The van der Waals surface area contributed by atoms with Crippen molar-refractivity contribution in [2.75, 3.05) is 6.61 Å². The Morgan fingerprint density at radius 3 is 2.48 bits per heavy atom. The van der Waals surface area contributed by atoms with Crippen LogP contribution < -0.4 is 0 Å². The first-order chi connectivity index (χ1) is 14.4. The van der Waals surface area contributed by atoms with Gasteiger partial charge in [-0.15, -0.1) is 0 Å². The van der Waals surface area contributed by atoms with Crippen LogP contribution in [-0.4, -0.2) is 40.5 Å². The van der Waals surface area contributed by atoms with Gasteiger partial charge < -0.3 is 19.7 Å². The molecule has 0 fully saturated rings. The summed E-state index contributed by atoms with van der Waals surface area (Å²) in [7, 11) is 0. The van der Waals surface area contributed by atoms with Crippen molar-refractivity contribution >= 4 is 17.5 Å². The quantitative estimate of drug-likeness (QED) is 0.235. The summed E-state index contributed by atoms with van der Waals surface area (Å²) in [4.78, 5) is 37.0. The topological polar surface area (TPSA) is 101 Å². The Hall–Kier alpha value is -2.31. The zero-order valence-corrected chi connectivity index (χ0v) is 19.3. The van der Waals surface area contributed by atoms with Crippen LogP contribution in [0.15, 0.2) is 47.8 Å². The van der Waals surface area contributed by atoms with Crippen molar-refractivity contribution in [3.8, 4) is 0 Å². The van der Waals surface area contributed by atoms with Gasteiger partial charge >= 0.3 is 5.97 Å². The molecular weight excluding hydrogens is 396 g/mol. The van der Waals surface area contributed by atoms with E-state index in [0.717, 1.165) is 5.57 Å². The zero-order valence-electron chi connectivity index (χ0n) is 19.3. The molecule has 0 aromatic carbocycles. The number of ether oxygens (including phenoxy) is 1. The lowest BCUT2D eigenvalue weighted by atomic mass is 9.65. The Morgan fingerprint density at radius 2 is 1.97 bits per heavy atom. The van der Waals surface area contributed by atoms with Gasteiger partial charge in [-0.05, 0) is 64.4 Å². The van der Waals surface area contributed by atoms with Crippen molar-refractivity contribution in [1.82, 2.24) is 0 Å². The minimum Gasteiger partial charge on any atom is -0.432 e. The van der Waals surface area contributed by atoms with Gasteiger partial charge in [0.2, 0.25) is 0 Å². The van der Waals surface area contributed by atoms with E-state index >= 15 is 0 Å². The standard InChI is InChI=1S/C25H36O6/c1-16(2)13-23(29)31-12-9-21-20(14-18(5)27)24(30)19(15-26)7-10-25(21,6)11-8-22(28)17(3)4/h7,9,12-13,20-22,26,28H,3,8,10-11,14-15H2,1-2,4-6H3/b12-9+/t20-,21+,22+,25-/m1/s1. The molecule has 0 aromatic rings. The van der Waals surface area contributed by atoms with Crippen LogP contribution in [0.2, 0.25) is 0 Å². The lowest BCUT2D eigenvalue weighted by molar-refractivity contribution is -0.132. The number of esters is 1. The van der Waals surface area contributed by atoms with Crippen LogP contribution in [0.1, 0.15) is 60.3 Å². The molecular formula is C25H36O6.